The van der Waals surface area contributed by atoms with E-state index < -0.39 is 7.60 Å². The molecule has 0 aliphatic carbocycles. The van der Waals surface area contributed by atoms with E-state index in [9.17, 15) is 4.57 Å². The van der Waals surface area contributed by atoms with Crippen LogP contribution in [0.15, 0.2) is 22.7 Å². The molecule has 0 unspecified atom stereocenters. The van der Waals surface area contributed by atoms with Gasteiger partial charge < -0.3 is 13.8 Å². The lowest BCUT2D eigenvalue weighted by Crippen LogP contribution is -1.99. The van der Waals surface area contributed by atoms with Crippen molar-refractivity contribution in [2.24, 2.45) is 0 Å². The van der Waals surface area contributed by atoms with Crippen molar-refractivity contribution in [3.8, 4) is 5.75 Å². The topological polar surface area (TPSA) is 44.8 Å². The van der Waals surface area contributed by atoms with Gasteiger partial charge in [0.15, 0.2) is 0 Å². The van der Waals surface area contributed by atoms with Crippen LogP contribution in [0.5, 0.6) is 5.75 Å². The van der Waals surface area contributed by atoms with Gasteiger partial charge in [-0.3, -0.25) is 4.57 Å². The summed E-state index contributed by atoms with van der Waals surface area (Å²) in [5.74, 6) is 0.707. The number of hydrogen-bond donors (Lipinski definition) is 0. The van der Waals surface area contributed by atoms with Gasteiger partial charge in [-0.05, 0) is 37.6 Å². The molecule has 18 heavy (non-hydrogen) atoms. The minimum Gasteiger partial charge on any atom is -0.497 e. The highest BCUT2D eigenvalue weighted by molar-refractivity contribution is 9.10. The minimum absolute atomic E-state index is 0.241. The van der Waals surface area contributed by atoms with E-state index in [2.05, 4.69) is 15.9 Å². The van der Waals surface area contributed by atoms with Crippen LogP contribution < -0.4 is 4.74 Å². The van der Waals surface area contributed by atoms with Crippen LogP contribution >= 0.6 is 23.5 Å². The highest BCUT2D eigenvalue weighted by Crippen LogP contribution is 2.51. The SMILES string of the molecule is CCOP(=O)(Cc1cc(Br)cc(OC)c1)OCC. The van der Waals surface area contributed by atoms with Gasteiger partial charge in [0.2, 0.25) is 0 Å². The summed E-state index contributed by atoms with van der Waals surface area (Å²) in [6, 6.07) is 5.55. The highest BCUT2D eigenvalue weighted by atomic mass is 79.9. The van der Waals surface area contributed by atoms with Crippen molar-refractivity contribution in [3.05, 3.63) is 28.2 Å². The molecule has 0 fully saturated rings. The standard InChI is InChI=1S/C12H18BrO4P/c1-4-16-18(14,17-5-2)9-10-6-11(13)8-12(7-10)15-3/h6-8H,4-5,9H2,1-3H3. The maximum Gasteiger partial charge on any atom is 0.335 e. The van der Waals surface area contributed by atoms with Gasteiger partial charge in [-0.15, -0.1) is 0 Å². The Morgan fingerprint density at radius 2 is 1.78 bits per heavy atom. The first kappa shape index (κ1) is 15.7. The lowest BCUT2D eigenvalue weighted by atomic mass is 10.2. The third kappa shape index (κ3) is 4.73. The molecule has 0 heterocycles. The molecule has 1 aromatic carbocycles. The van der Waals surface area contributed by atoms with E-state index in [1.807, 2.05) is 18.2 Å². The molecule has 0 saturated carbocycles. The second-order valence-electron chi connectivity index (χ2n) is 3.60. The fraction of sp³-hybridized carbons (Fsp3) is 0.500. The fourth-order valence-electron chi connectivity index (χ4n) is 1.58. The Hall–Kier alpha value is -0.350. The molecular weight excluding hydrogens is 319 g/mol. The summed E-state index contributed by atoms with van der Waals surface area (Å²) in [6.45, 7) is 4.32. The molecular formula is C12H18BrO4P. The third-order valence-electron chi connectivity index (χ3n) is 2.19. The van der Waals surface area contributed by atoms with Gasteiger partial charge in [0.05, 0.1) is 26.5 Å². The molecule has 6 heteroatoms. The zero-order valence-electron chi connectivity index (χ0n) is 10.8. The van der Waals surface area contributed by atoms with Crippen LogP contribution in [0.4, 0.5) is 0 Å². The van der Waals surface area contributed by atoms with Crippen molar-refractivity contribution in [2.45, 2.75) is 20.0 Å². The first-order valence-corrected chi connectivity index (χ1v) is 8.26. The molecule has 1 aromatic rings. The van der Waals surface area contributed by atoms with Gasteiger partial charge in [-0.25, -0.2) is 0 Å². The molecule has 102 valence electrons. The summed E-state index contributed by atoms with van der Waals surface area (Å²) in [4.78, 5) is 0. The molecule has 0 aliphatic heterocycles. The lowest BCUT2D eigenvalue weighted by Gasteiger charge is -2.17. The largest absolute Gasteiger partial charge is 0.497 e. The predicted octanol–water partition coefficient (Wildman–Crippen LogP) is 4.22. The van der Waals surface area contributed by atoms with Crippen LogP contribution in [-0.4, -0.2) is 20.3 Å². The monoisotopic (exact) mass is 336 g/mol. The van der Waals surface area contributed by atoms with Crippen molar-refractivity contribution in [1.82, 2.24) is 0 Å². The number of rotatable bonds is 7. The first-order valence-electron chi connectivity index (χ1n) is 5.74. The van der Waals surface area contributed by atoms with Crippen LogP contribution in [-0.2, 0) is 19.8 Å². The van der Waals surface area contributed by atoms with E-state index in [1.54, 1.807) is 21.0 Å². The van der Waals surface area contributed by atoms with Gasteiger partial charge in [0.25, 0.3) is 0 Å². The lowest BCUT2D eigenvalue weighted by molar-refractivity contribution is 0.219. The second kappa shape index (κ2) is 7.29. The number of benzene rings is 1. The van der Waals surface area contributed by atoms with E-state index in [1.165, 1.54) is 0 Å². The van der Waals surface area contributed by atoms with E-state index in [4.69, 9.17) is 13.8 Å². The maximum absolute atomic E-state index is 12.4. The first-order chi connectivity index (χ1) is 8.53. The van der Waals surface area contributed by atoms with Crippen molar-refractivity contribution >= 4 is 23.5 Å². The normalized spacial score (nSPS) is 11.6. The highest BCUT2D eigenvalue weighted by Gasteiger charge is 2.24. The van der Waals surface area contributed by atoms with Gasteiger partial charge >= 0.3 is 7.60 Å². The average Bonchev–Trinajstić information content (AvgIpc) is 2.28. The predicted molar refractivity (Wildman–Crippen MR) is 75.3 cm³/mol. The molecule has 0 N–H and O–H groups in total. The number of ether oxygens (including phenoxy) is 1. The molecule has 4 nitrogen and oxygen atoms in total. The smallest absolute Gasteiger partial charge is 0.335 e. The summed E-state index contributed by atoms with van der Waals surface area (Å²) in [7, 11) is -1.47. The second-order valence-corrected chi connectivity index (χ2v) is 6.57. The molecule has 0 bridgehead atoms. The summed E-state index contributed by atoms with van der Waals surface area (Å²) in [5, 5.41) is 0. The van der Waals surface area contributed by atoms with Crippen molar-refractivity contribution in [1.29, 1.82) is 0 Å². The molecule has 0 aromatic heterocycles. The zero-order chi connectivity index (χ0) is 13.6. The maximum atomic E-state index is 12.4. The van der Waals surface area contributed by atoms with Crippen LogP contribution in [0.25, 0.3) is 0 Å². The molecule has 0 aliphatic rings. The molecule has 0 saturated heterocycles. The van der Waals surface area contributed by atoms with Crippen LogP contribution in [0.2, 0.25) is 0 Å². The Morgan fingerprint density at radius 3 is 2.28 bits per heavy atom. The minimum atomic E-state index is -3.07. The van der Waals surface area contributed by atoms with E-state index >= 15 is 0 Å². The quantitative estimate of drug-likeness (QED) is 0.699. The van der Waals surface area contributed by atoms with Gasteiger partial charge in [0, 0.05) is 4.47 Å². The van der Waals surface area contributed by atoms with Crippen LogP contribution in [0.1, 0.15) is 19.4 Å². The summed E-state index contributed by atoms with van der Waals surface area (Å²) in [5.41, 5.74) is 0.853. The Balaban J connectivity index is 2.93. The van der Waals surface area contributed by atoms with E-state index in [-0.39, 0.29) is 6.16 Å². The zero-order valence-corrected chi connectivity index (χ0v) is 13.3. The summed E-state index contributed by atoms with van der Waals surface area (Å²) >= 11 is 3.39. The van der Waals surface area contributed by atoms with E-state index in [0.29, 0.717) is 19.0 Å². The molecule has 0 amide bonds. The summed E-state index contributed by atoms with van der Waals surface area (Å²) < 4.78 is 29.0. The van der Waals surface area contributed by atoms with Gasteiger partial charge in [0.1, 0.15) is 5.75 Å². The molecule has 0 spiro atoms. The average molecular weight is 337 g/mol. The van der Waals surface area contributed by atoms with Crippen molar-refractivity contribution in [3.63, 3.8) is 0 Å². The molecule has 0 atom stereocenters. The Morgan fingerprint density at radius 1 is 1.17 bits per heavy atom. The number of hydrogen-bond acceptors (Lipinski definition) is 4. The Kier molecular flexibility index (Phi) is 6.36. The molecule has 0 radical (unpaired) electrons. The Labute approximate surface area is 116 Å². The fourth-order valence-corrected chi connectivity index (χ4v) is 3.77. The van der Waals surface area contributed by atoms with Crippen LogP contribution in [0.3, 0.4) is 0 Å². The summed E-state index contributed by atoms with van der Waals surface area (Å²) in [6.07, 6.45) is 0.241. The van der Waals surface area contributed by atoms with E-state index in [0.717, 1.165) is 10.0 Å². The molecule has 1 rings (SSSR count). The van der Waals surface area contributed by atoms with Crippen LogP contribution in [0, 0.1) is 0 Å². The van der Waals surface area contributed by atoms with Crippen molar-refractivity contribution in [2.75, 3.05) is 20.3 Å². The van der Waals surface area contributed by atoms with Gasteiger partial charge in [-0.1, -0.05) is 15.9 Å². The number of halogens is 1. The Bertz CT molecular complexity index is 426. The number of methoxy groups -OCH3 is 1. The van der Waals surface area contributed by atoms with Gasteiger partial charge in [-0.2, -0.15) is 0 Å². The van der Waals surface area contributed by atoms with Crippen molar-refractivity contribution < 1.29 is 18.3 Å². The third-order valence-corrected chi connectivity index (χ3v) is 4.71.